The molecule has 1 amide bonds. The maximum absolute atomic E-state index is 12.8. The van der Waals surface area contributed by atoms with Gasteiger partial charge in [-0.3, -0.25) is 4.79 Å². The number of amides is 1. The van der Waals surface area contributed by atoms with Gasteiger partial charge in [-0.05, 0) is 44.5 Å². The number of benzene rings is 1. The van der Waals surface area contributed by atoms with E-state index >= 15 is 0 Å². The Labute approximate surface area is 168 Å². The molecule has 29 heavy (non-hydrogen) atoms. The summed E-state index contributed by atoms with van der Waals surface area (Å²) in [4.78, 5) is 37.4. The van der Waals surface area contributed by atoms with Gasteiger partial charge in [0.2, 0.25) is 11.6 Å². The van der Waals surface area contributed by atoms with E-state index in [0.717, 1.165) is 4.68 Å². The van der Waals surface area contributed by atoms with Crippen LogP contribution < -0.4 is 10.1 Å². The molecule has 0 aliphatic rings. The molecule has 1 aromatic carbocycles. The Balaban J connectivity index is 2.36. The summed E-state index contributed by atoms with van der Waals surface area (Å²) < 4.78 is 16.1. The third-order valence-electron chi connectivity index (χ3n) is 3.97. The van der Waals surface area contributed by atoms with E-state index in [1.807, 2.05) is 0 Å². The largest absolute Gasteiger partial charge is 0.497 e. The fraction of sp³-hybridized carbons (Fsp3) is 0.421. The van der Waals surface area contributed by atoms with E-state index in [1.54, 1.807) is 52.1 Å². The summed E-state index contributed by atoms with van der Waals surface area (Å²) in [5.74, 6) is -1.40. The van der Waals surface area contributed by atoms with Gasteiger partial charge in [0, 0.05) is 5.69 Å². The van der Waals surface area contributed by atoms with Crippen LogP contribution in [0.5, 0.6) is 5.75 Å². The van der Waals surface area contributed by atoms with E-state index < -0.39 is 23.9 Å². The summed E-state index contributed by atoms with van der Waals surface area (Å²) in [7, 11) is 1.55. The van der Waals surface area contributed by atoms with E-state index in [-0.39, 0.29) is 24.6 Å². The Morgan fingerprint density at radius 1 is 1.03 bits per heavy atom. The molecular formula is C19H24N4O6. The first kappa shape index (κ1) is 21.9. The molecule has 0 radical (unpaired) electrons. The summed E-state index contributed by atoms with van der Waals surface area (Å²) in [6, 6.07) is 5.87. The molecule has 156 valence electrons. The first-order valence-electron chi connectivity index (χ1n) is 9.21. The zero-order valence-electron chi connectivity index (χ0n) is 16.8. The van der Waals surface area contributed by atoms with E-state index in [0.29, 0.717) is 17.9 Å². The van der Waals surface area contributed by atoms with Gasteiger partial charge in [0.15, 0.2) is 5.69 Å². The first-order valence-corrected chi connectivity index (χ1v) is 9.21. The average molecular weight is 404 g/mol. The minimum Gasteiger partial charge on any atom is -0.497 e. The van der Waals surface area contributed by atoms with Crippen molar-refractivity contribution in [2.24, 2.45) is 0 Å². The smallest absolute Gasteiger partial charge is 0.361 e. The topological polar surface area (TPSA) is 122 Å². The molecule has 2 rings (SSSR count). The number of carbonyl (C=O) groups excluding carboxylic acids is 3. The molecule has 0 aliphatic heterocycles. The van der Waals surface area contributed by atoms with Crippen molar-refractivity contribution in [3.8, 4) is 5.75 Å². The number of nitrogens with zero attached hydrogens (tertiary/aromatic N) is 3. The van der Waals surface area contributed by atoms with E-state index in [9.17, 15) is 14.4 Å². The van der Waals surface area contributed by atoms with Gasteiger partial charge in [0.25, 0.3) is 0 Å². The lowest BCUT2D eigenvalue weighted by molar-refractivity contribution is -0.119. The molecule has 1 atom stereocenters. The van der Waals surface area contributed by atoms with Crippen molar-refractivity contribution in [3.05, 3.63) is 35.7 Å². The number of aromatic nitrogens is 3. The number of anilines is 1. The summed E-state index contributed by atoms with van der Waals surface area (Å²) in [6.07, 6.45) is 0.292. The molecule has 1 aromatic heterocycles. The highest BCUT2D eigenvalue weighted by atomic mass is 16.5. The van der Waals surface area contributed by atoms with Gasteiger partial charge >= 0.3 is 11.9 Å². The maximum Gasteiger partial charge on any atom is 0.361 e. The number of rotatable bonds is 9. The normalized spacial score (nSPS) is 11.4. The lowest BCUT2D eigenvalue weighted by Gasteiger charge is -2.17. The Hall–Kier alpha value is -3.43. The van der Waals surface area contributed by atoms with E-state index in [2.05, 4.69) is 15.6 Å². The van der Waals surface area contributed by atoms with Crippen molar-refractivity contribution in [3.63, 3.8) is 0 Å². The summed E-state index contributed by atoms with van der Waals surface area (Å²) in [6.45, 7) is 5.19. The summed E-state index contributed by atoms with van der Waals surface area (Å²) in [5, 5.41) is 10.4. The number of methoxy groups -OCH3 is 1. The highest BCUT2D eigenvalue weighted by Crippen LogP contribution is 2.21. The highest BCUT2D eigenvalue weighted by Gasteiger charge is 2.33. The minimum atomic E-state index is -0.896. The number of carbonyl (C=O) groups is 3. The molecule has 1 heterocycles. The third-order valence-corrected chi connectivity index (χ3v) is 3.97. The Bertz CT molecular complexity index is 862. The van der Waals surface area contributed by atoms with Crippen LogP contribution in [0.25, 0.3) is 0 Å². The van der Waals surface area contributed by atoms with Gasteiger partial charge in [0.1, 0.15) is 11.8 Å². The van der Waals surface area contributed by atoms with Crippen LogP contribution in [0.1, 0.15) is 54.2 Å². The first-order chi connectivity index (χ1) is 14.0. The minimum absolute atomic E-state index is 0.0844. The van der Waals surface area contributed by atoms with Crippen molar-refractivity contribution in [2.45, 2.75) is 33.2 Å². The van der Waals surface area contributed by atoms with Crippen LogP contribution in [-0.4, -0.2) is 53.2 Å². The fourth-order valence-corrected chi connectivity index (χ4v) is 2.61. The Morgan fingerprint density at radius 2 is 1.66 bits per heavy atom. The van der Waals surface area contributed by atoms with Gasteiger partial charge in [-0.2, -0.15) is 0 Å². The Morgan fingerprint density at radius 3 is 2.21 bits per heavy atom. The molecule has 1 N–H and O–H groups in total. The molecule has 10 heteroatoms. The quantitative estimate of drug-likeness (QED) is 0.632. The number of nitrogens with one attached hydrogen (secondary N) is 1. The van der Waals surface area contributed by atoms with Crippen LogP contribution in [0.2, 0.25) is 0 Å². The molecule has 2 aromatic rings. The zero-order valence-corrected chi connectivity index (χ0v) is 16.8. The van der Waals surface area contributed by atoms with E-state index in [4.69, 9.17) is 14.2 Å². The molecule has 0 unspecified atom stereocenters. The average Bonchev–Trinajstić information content (AvgIpc) is 3.14. The van der Waals surface area contributed by atoms with E-state index in [1.165, 1.54) is 0 Å². The standard InChI is InChI=1S/C19H24N4O6/c1-5-14(17(24)20-12-8-10-13(27-4)11-9-12)23-16(19(26)29-7-3)15(21-22-23)18(25)28-6-2/h8-11,14H,5-7H2,1-4H3,(H,20,24)/t14-/m1/s1. The van der Waals surface area contributed by atoms with Crippen LogP contribution >= 0.6 is 0 Å². The van der Waals surface area contributed by atoms with Gasteiger partial charge < -0.3 is 19.5 Å². The molecule has 0 saturated carbocycles. The second kappa shape index (κ2) is 10.2. The molecular weight excluding hydrogens is 380 g/mol. The lowest BCUT2D eigenvalue weighted by Crippen LogP contribution is -2.29. The number of ether oxygens (including phenoxy) is 3. The molecule has 0 aliphatic carbocycles. The van der Waals surface area contributed by atoms with Crippen molar-refractivity contribution < 1.29 is 28.6 Å². The predicted octanol–water partition coefficient (Wildman–Crippen LogP) is 2.23. The third kappa shape index (κ3) is 5.09. The van der Waals surface area contributed by atoms with Crippen LogP contribution in [0, 0.1) is 0 Å². The fourth-order valence-electron chi connectivity index (χ4n) is 2.61. The van der Waals surface area contributed by atoms with Crippen LogP contribution in [0.15, 0.2) is 24.3 Å². The molecule has 0 bridgehead atoms. The summed E-state index contributed by atoms with van der Waals surface area (Å²) >= 11 is 0. The zero-order chi connectivity index (χ0) is 21.4. The molecule has 0 fully saturated rings. The van der Waals surface area contributed by atoms with Gasteiger partial charge in [0.05, 0.1) is 20.3 Å². The predicted molar refractivity (Wildman–Crippen MR) is 103 cm³/mol. The van der Waals surface area contributed by atoms with Crippen molar-refractivity contribution >= 4 is 23.5 Å². The summed E-state index contributed by atoms with van der Waals surface area (Å²) in [5.41, 5.74) is 0.0284. The van der Waals surface area contributed by atoms with Crippen molar-refractivity contribution in [1.82, 2.24) is 15.0 Å². The maximum atomic E-state index is 12.8. The SMILES string of the molecule is CCOC(=O)c1nnn([C@H](CC)C(=O)Nc2ccc(OC)cc2)c1C(=O)OCC. The van der Waals surface area contributed by atoms with Crippen LogP contribution in [0.4, 0.5) is 5.69 Å². The number of hydrogen-bond donors (Lipinski definition) is 1. The second-order valence-corrected chi connectivity index (χ2v) is 5.81. The van der Waals surface area contributed by atoms with Gasteiger partial charge in [-0.25, -0.2) is 14.3 Å². The number of esters is 2. The number of hydrogen-bond acceptors (Lipinski definition) is 8. The molecule has 0 saturated heterocycles. The van der Waals surface area contributed by atoms with Gasteiger partial charge in [-0.15, -0.1) is 5.10 Å². The Kier molecular flexibility index (Phi) is 7.70. The lowest BCUT2D eigenvalue weighted by atomic mass is 10.2. The molecule has 10 nitrogen and oxygen atoms in total. The second-order valence-electron chi connectivity index (χ2n) is 5.81. The van der Waals surface area contributed by atoms with Crippen LogP contribution in [0.3, 0.4) is 0 Å². The highest BCUT2D eigenvalue weighted by molar-refractivity contribution is 6.01. The van der Waals surface area contributed by atoms with Crippen LogP contribution in [-0.2, 0) is 14.3 Å². The van der Waals surface area contributed by atoms with Crippen molar-refractivity contribution in [1.29, 1.82) is 0 Å². The van der Waals surface area contributed by atoms with Crippen molar-refractivity contribution in [2.75, 3.05) is 25.6 Å². The van der Waals surface area contributed by atoms with Gasteiger partial charge in [-0.1, -0.05) is 12.1 Å². The molecule has 0 spiro atoms. The monoisotopic (exact) mass is 404 g/mol.